The lowest BCUT2D eigenvalue weighted by molar-refractivity contribution is -0.146. The molecule has 0 saturated carbocycles. The van der Waals surface area contributed by atoms with Crippen molar-refractivity contribution in [3.8, 4) is 0 Å². The average Bonchev–Trinajstić information content (AvgIpc) is 2.51. The van der Waals surface area contributed by atoms with Crippen molar-refractivity contribution < 1.29 is 14.3 Å². The van der Waals surface area contributed by atoms with Crippen LogP contribution < -0.4 is 0 Å². The van der Waals surface area contributed by atoms with Gasteiger partial charge in [0.1, 0.15) is 12.2 Å². The largest absolute Gasteiger partial charge is 0.465 e. The number of hydrogen-bond donors (Lipinski definition) is 0. The van der Waals surface area contributed by atoms with Crippen molar-refractivity contribution in [2.45, 2.75) is 104 Å². The van der Waals surface area contributed by atoms with Gasteiger partial charge in [0.05, 0.1) is 6.61 Å². The number of unbranched alkanes of at least 4 members (excludes halogenated alkanes) is 11. The van der Waals surface area contributed by atoms with Gasteiger partial charge >= 0.3 is 5.97 Å². The Kier molecular flexibility index (Phi) is 15.9. The summed E-state index contributed by atoms with van der Waals surface area (Å²) in [6.45, 7) is 4.49. The molecule has 22 heavy (non-hydrogen) atoms. The molecular formula is C19H36O3. The molecule has 0 atom stereocenters. The number of ether oxygens (including phenoxy) is 1. The highest BCUT2D eigenvalue weighted by molar-refractivity contribution is 5.95. The van der Waals surface area contributed by atoms with Crippen LogP contribution in [0.25, 0.3) is 0 Å². The Labute approximate surface area is 137 Å². The first-order valence-electron chi connectivity index (χ1n) is 9.38. The minimum Gasteiger partial charge on any atom is -0.465 e. The van der Waals surface area contributed by atoms with E-state index in [1.165, 1.54) is 64.2 Å². The third-order valence-electron chi connectivity index (χ3n) is 4.00. The van der Waals surface area contributed by atoms with Crippen molar-refractivity contribution in [1.29, 1.82) is 0 Å². The van der Waals surface area contributed by atoms with Gasteiger partial charge in [-0.2, -0.15) is 0 Å². The molecule has 0 rings (SSSR count). The maximum absolute atomic E-state index is 11.3. The van der Waals surface area contributed by atoms with Crippen molar-refractivity contribution in [1.82, 2.24) is 0 Å². The highest BCUT2D eigenvalue weighted by atomic mass is 16.5. The summed E-state index contributed by atoms with van der Waals surface area (Å²) in [5, 5.41) is 0. The molecule has 0 spiro atoms. The van der Waals surface area contributed by atoms with Crippen LogP contribution in [0.4, 0.5) is 0 Å². The van der Waals surface area contributed by atoms with E-state index < -0.39 is 0 Å². The Morgan fingerprint density at radius 1 is 0.682 bits per heavy atom. The Balaban J connectivity index is 3.14. The molecule has 3 heteroatoms. The smallest absolute Gasteiger partial charge is 0.313 e. The summed E-state index contributed by atoms with van der Waals surface area (Å²) in [5.41, 5.74) is 0. The van der Waals surface area contributed by atoms with E-state index in [1.807, 2.05) is 0 Å². The van der Waals surface area contributed by atoms with Gasteiger partial charge in [-0.1, -0.05) is 84.5 Å². The fraction of sp³-hybridized carbons (Fsp3) is 0.895. The Bertz CT molecular complexity index is 274. The van der Waals surface area contributed by atoms with Crippen LogP contribution in [0.3, 0.4) is 0 Å². The van der Waals surface area contributed by atoms with Crippen molar-refractivity contribution in [3.05, 3.63) is 0 Å². The second-order valence-corrected chi connectivity index (χ2v) is 6.18. The number of hydrogen-bond acceptors (Lipinski definition) is 3. The second-order valence-electron chi connectivity index (χ2n) is 6.18. The molecule has 0 radical (unpaired) electrons. The maximum atomic E-state index is 11.3. The number of Topliss-reactive ketones (excluding diaryl/α,β-unsaturated/α-hetero) is 1. The zero-order valence-electron chi connectivity index (χ0n) is 14.8. The van der Waals surface area contributed by atoms with E-state index >= 15 is 0 Å². The number of carbonyl (C=O) groups excluding carboxylic acids is 2. The van der Waals surface area contributed by atoms with Crippen molar-refractivity contribution in [3.63, 3.8) is 0 Å². The number of ketones is 1. The molecule has 0 saturated heterocycles. The van der Waals surface area contributed by atoms with E-state index in [4.69, 9.17) is 4.74 Å². The van der Waals surface area contributed by atoms with Crippen LogP contribution in [0.2, 0.25) is 0 Å². The van der Waals surface area contributed by atoms with Gasteiger partial charge in [0.2, 0.25) is 0 Å². The molecule has 0 aromatic carbocycles. The van der Waals surface area contributed by atoms with Crippen molar-refractivity contribution >= 4 is 11.8 Å². The lowest BCUT2D eigenvalue weighted by Crippen LogP contribution is -2.11. The monoisotopic (exact) mass is 312 g/mol. The molecule has 130 valence electrons. The van der Waals surface area contributed by atoms with Gasteiger partial charge in [-0.05, 0) is 6.42 Å². The molecule has 0 aromatic rings. The molecule has 0 aromatic heterocycles. The molecule has 0 N–H and O–H groups in total. The molecular weight excluding hydrogens is 276 g/mol. The van der Waals surface area contributed by atoms with Crippen LogP contribution >= 0.6 is 0 Å². The lowest BCUT2D eigenvalue weighted by Gasteiger charge is -2.04. The summed E-state index contributed by atoms with van der Waals surface area (Å²) in [7, 11) is 0. The summed E-state index contributed by atoms with van der Waals surface area (Å²) in [6.07, 6.45) is 15.9. The average molecular weight is 312 g/mol. The summed E-state index contributed by atoms with van der Waals surface area (Å²) in [6, 6.07) is 0. The van der Waals surface area contributed by atoms with Gasteiger partial charge in [0.25, 0.3) is 0 Å². The van der Waals surface area contributed by atoms with Gasteiger partial charge in [-0.25, -0.2) is 0 Å². The second kappa shape index (κ2) is 16.5. The first-order valence-corrected chi connectivity index (χ1v) is 9.38. The fourth-order valence-electron chi connectivity index (χ4n) is 2.47. The normalized spacial score (nSPS) is 10.6. The topological polar surface area (TPSA) is 43.4 Å². The van der Waals surface area contributed by atoms with Gasteiger partial charge in [0.15, 0.2) is 0 Å². The first-order chi connectivity index (χ1) is 10.7. The summed E-state index contributed by atoms with van der Waals surface area (Å²) < 4.78 is 5.05. The minimum absolute atomic E-state index is 0.0419. The van der Waals surface area contributed by atoms with E-state index in [0.717, 1.165) is 12.8 Å². The third kappa shape index (κ3) is 15.5. The highest BCUT2D eigenvalue weighted by Crippen LogP contribution is 2.11. The molecule has 0 unspecified atom stereocenters. The van der Waals surface area contributed by atoms with Crippen LogP contribution in [-0.4, -0.2) is 18.4 Å². The summed E-state index contributed by atoms with van der Waals surface area (Å²) in [4.78, 5) is 22.3. The Morgan fingerprint density at radius 2 is 1.14 bits per heavy atom. The molecule has 0 aliphatic rings. The van der Waals surface area contributed by atoms with Gasteiger partial charge < -0.3 is 4.74 Å². The number of rotatable bonds is 16. The van der Waals surface area contributed by atoms with Crippen molar-refractivity contribution in [2.75, 3.05) is 6.61 Å². The van der Waals surface area contributed by atoms with Crippen LogP contribution in [-0.2, 0) is 14.3 Å². The maximum Gasteiger partial charge on any atom is 0.313 e. The predicted molar refractivity (Wildman–Crippen MR) is 92.0 cm³/mol. The zero-order valence-corrected chi connectivity index (χ0v) is 14.8. The quantitative estimate of drug-likeness (QED) is 0.212. The summed E-state index contributed by atoms with van der Waals surface area (Å²) in [5.74, 6) is -0.408. The molecule has 0 aliphatic heterocycles. The Morgan fingerprint density at radius 3 is 1.59 bits per heavy atom. The third-order valence-corrected chi connectivity index (χ3v) is 4.00. The first kappa shape index (κ1) is 21.1. The lowest BCUT2D eigenvalue weighted by atomic mass is 10.1. The minimum atomic E-state index is -0.366. The van der Waals surface area contributed by atoms with Gasteiger partial charge in [-0.3, -0.25) is 9.59 Å². The molecule has 0 fully saturated rings. The summed E-state index contributed by atoms with van der Waals surface area (Å²) >= 11 is 0. The van der Waals surface area contributed by atoms with Crippen LogP contribution in [0.1, 0.15) is 104 Å². The van der Waals surface area contributed by atoms with Gasteiger partial charge in [0, 0.05) is 6.42 Å². The number of esters is 1. The van der Waals surface area contributed by atoms with E-state index in [2.05, 4.69) is 6.92 Å². The van der Waals surface area contributed by atoms with Crippen LogP contribution in [0, 0.1) is 0 Å². The fourth-order valence-corrected chi connectivity index (χ4v) is 2.47. The standard InChI is InChI=1S/C19H36O3/c1-3-5-6-7-8-9-10-11-12-13-14-15-16-22-19(21)17-18(20)4-2/h3-17H2,1-2H3. The molecule has 3 nitrogen and oxygen atoms in total. The molecule has 0 amide bonds. The van der Waals surface area contributed by atoms with Crippen LogP contribution in [0.5, 0.6) is 0 Å². The van der Waals surface area contributed by atoms with E-state index in [0.29, 0.717) is 13.0 Å². The van der Waals surface area contributed by atoms with E-state index in [9.17, 15) is 9.59 Å². The molecule has 0 bridgehead atoms. The Hall–Kier alpha value is -0.860. The van der Waals surface area contributed by atoms with Crippen molar-refractivity contribution in [2.24, 2.45) is 0 Å². The van der Waals surface area contributed by atoms with Gasteiger partial charge in [-0.15, -0.1) is 0 Å². The molecule has 0 aliphatic carbocycles. The zero-order chi connectivity index (χ0) is 16.5. The predicted octanol–water partition coefficient (Wildman–Crippen LogP) is 5.60. The molecule has 0 heterocycles. The highest BCUT2D eigenvalue weighted by Gasteiger charge is 2.07. The SMILES string of the molecule is CCCCCCCCCCCCCCOC(=O)CC(=O)CC. The van der Waals surface area contributed by atoms with E-state index in [-0.39, 0.29) is 18.2 Å². The van der Waals surface area contributed by atoms with E-state index in [1.54, 1.807) is 6.92 Å². The number of carbonyl (C=O) groups is 2. The van der Waals surface area contributed by atoms with Crippen LogP contribution in [0.15, 0.2) is 0 Å².